The third kappa shape index (κ3) is 3.30. The SMILES string of the molecule is NC1(CC(=O)Nc2cc([N+](=O)[O-])ccc2F)CCCC1. The minimum absolute atomic E-state index is 0.0924. The number of hydrogen-bond acceptors (Lipinski definition) is 4. The van der Waals surface area contributed by atoms with Gasteiger partial charge in [0.25, 0.3) is 5.69 Å². The zero-order valence-corrected chi connectivity index (χ0v) is 10.9. The van der Waals surface area contributed by atoms with Crippen LogP contribution in [0.4, 0.5) is 15.8 Å². The molecular weight excluding hydrogens is 265 g/mol. The molecule has 1 aliphatic rings. The lowest BCUT2D eigenvalue weighted by molar-refractivity contribution is -0.384. The van der Waals surface area contributed by atoms with Crippen molar-refractivity contribution in [2.75, 3.05) is 5.32 Å². The quantitative estimate of drug-likeness (QED) is 0.653. The summed E-state index contributed by atoms with van der Waals surface area (Å²) in [6, 6.07) is 3.01. The van der Waals surface area contributed by atoms with Crippen LogP contribution < -0.4 is 11.1 Å². The molecule has 0 unspecified atom stereocenters. The Morgan fingerprint density at radius 1 is 1.45 bits per heavy atom. The largest absolute Gasteiger partial charge is 0.325 e. The van der Waals surface area contributed by atoms with Gasteiger partial charge in [-0.3, -0.25) is 14.9 Å². The van der Waals surface area contributed by atoms with Gasteiger partial charge in [0.1, 0.15) is 5.82 Å². The van der Waals surface area contributed by atoms with Crippen molar-refractivity contribution in [1.29, 1.82) is 0 Å². The Morgan fingerprint density at radius 3 is 2.70 bits per heavy atom. The molecule has 2 rings (SSSR count). The molecule has 0 aromatic heterocycles. The smallest absolute Gasteiger partial charge is 0.271 e. The van der Waals surface area contributed by atoms with Gasteiger partial charge in [-0.15, -0.1) is 0 Å². The van der Waals surface area contributed by atoms with Crippen molar-refractivity contribution in [3.05, 3.63) is 34.1 Å². The average molecular weight is 281 g/mol. The van der Waals surface area contributed by atoms with Crippen LogP contribution in [0.5, 0.6) is 0 Å². The molecule has 0 aliphatic heterocycles. The summed E-state index contributed by atoms with van der Waals surface area (Å²) in [6.45, 7) is 0. The number of nitrogens with one attached hydrogen (secondary N) is 1. The fourth-order valence-corrected chi connectivity index (χ4v) is 2.49. The summed E-state index contributed by atoms with van der Waals surface area (Å²) in [6.07, 6.45) is 3.58. The molecule has 6 nitrogen and oxygen atoms in total. The van der Waals surface area contributed by atoms with E-state index >= 15 is 0 Å². The Kier molecular flexibility index (Phi) is 3.99. The number of carbonyl (C=O) groups is 1. The Balaban J connectivity index is 2.07. The number of non-ortho nitro benzene ring substituents is 1. The van der Waals surface area contributed by atoms with Gasteiger partial charge in [-0.25, -0.2) is 4.39 Å². The Morgan fingerprint density at radius 2 is 2.10 bits per heavy atom. The number of nitrogens with two attached hydrogens (primary N) is 1. The number of halogens is 1. The molecule has 108 valence electrons. The topological polar surface area (TPSA) is 98.3 Å². The molecule has 1 amide bonds. The van der Waals surface area contributed by atoms with Crippen LogP contribution in [0, 0.1) is 15.9 Å². The summed E-state index contributed by atoms with van der Waals surface area (Å²) in [7, 11) is 0. The third-order valence-corrected chi connectivity index (χ3v) is 3.55. The predicted octanol–water partition coefficient (Wildman–Crippen LogP) is 2.33. The van der Waals surface area contributed by atoms with Gasteiger partial charge >= 0.3 is 0 Å². The van der Waals surface area contributed by atoms with Gasteiger partial charge < -0.3 is 11.1 Å². The van der Waals surface area contributed by atoms with E-state index < -0.39 is 22.2 Å². The van der Waals surface area contributed by atoms with Crippen molar-refractivity contribution in [2.24, 2.45) is 5.73 Å². The zero-order chi connectivity index (χ0) is 14.8. The molecule has 1 saturated carbocycles. The number of hydrogen-bond donors (Lipinski definition) is 2. The van der Waals surface area contributed by atoms with Crippen LogP contribution in [-0.2, 0) is 4.79 Å². The molecule has 1 fully saturated rings. The fourth-order valence-electron chi connectivity index (χ4n) is 2.49. The van der Waals surface area contributed by atoms with Crippen molar-refractivity contribution in [2.45, 2.75) is 37.6 Å². The lowest BCUT2D eigenvalue weighted by atomic mass is 9.94. The molecule has 0 saturated heterocycles. The van der Waals surface area contributed by atoms with Crippen molar-refractivity contribution in [3.63, 3.8) is 0 Å². The van der Waals surface area contributed by atoms with Crippen LogP contribution in [0.1, 0.15) is 32.1 Å². The first kappa shape index (κ1) is 14.4. The summed E-state index contributed by atoms with van der Waals surface area (Å²) in [5, 5.41) is 13.0. The molecule has 20 heavy (non-hydrogen) atoms. The van der Waals surface area contributed by atoms with Crippen LogP contribution in [0.15, 0.2) is 18.2 Å². The lowest BCUT2D eigenvalue weighted by Gasteiger charge is -2.22. The van der Waals surface area contributed by atoms with Gasteiger partial charge in [-0.1, -0.05) is 12.8 Å². The standard InChI is InChI=1S/C13H16FN3O3/c14-10-4-3-9(17(19)20)7-11(10)16-12(18)8-13(15)5-1-2-6-13/h3-4,7H,1-2,5-6,8,15H2,(H,16,18). The van der Waals surface area contributed by atoms with Crippen LogP contribution >= 0.6 is 0 Å². The predicted molar refractivity (Wildman–Crippen MR) is 71.7 cm³/mol. The molecule has 0 bridgehead atoms. The molecular formula is C13H16FN3O3. The van der Waals surface area contributed by atoms with E-state index in [0.29, 0.717) is 0 Å². The van der Waals surface area contributed by atoms with Gasteiger partial charge in [0, 0.05) is 24.1 Å². The van der Waals surface area contributed by atoms with Gasteiger partial charge in [0.2, 0.25) is 5.91 Å². The molecule has 0 radical (unpaired) electrons. The Hall–Kier alpha value is -2.02. The molecule has 0 heterocycles. The zero-order valence-electron chi connectivity index (χ0n) is 10.9. The second-order valence-corrected chi connectivity index (χ2v) is 5.22. The highest BCUT2D eigenvalue weighted by Crippen LogP contribution is 2.30. The van der Waals surface area contributed by atoms with Crippen LogP contribution in [0.25, 0.3) is 0 Å². The van der Waals surface area contributed by atoms with Gasteiger partial charge in [0.05, 0.1) is 10.6 Å². The van der Waals surface area contributed by atoms with Crippen molar-refractivity contribution < 1.29 is 14.1 Å². The molecule has 3 N–H and O–H groups in total. The van der Waals surface area contributed by atoms with Gasteiger partial charge in [-0.05, 0) is 18.9 Å². The maximum atomic E-state index is 13.5. The maximum absolute atomic E-state index is 13.5. The third-order valence-electron chi connectivity index (χ3n) is 3.55. The molecule has 1 aliphatic carbocycles. The second-order valence-electron chi connectivity index (χ2n) is 5.22. The Bertz CT molecular complexity index is 542. The minimum atomic E-state index is -0.707. The van der Waals surface area contributed by atoms with Crippen molar-refractivity contribution >= 4 is 17.3 Å². The highest BCUT2D eigenvalue weighted by atomic mass is 19.1. The summed E-state index contributed by atoms with van der Waals surface area (Å²) in [5.41, 5.74) is 5.06. The van der Waals surface area contributed by atoms with Crippen LogP contribution in [0.3, 0.4) is 0 Å². The molecule has 1 aromatic carbocycles. The van der Waals surface area contributed by atoms with E-state index in [1.54, 1.807) is 0 Å². The monoisotopic (exact) mass is 281 g/mol. The number of nitro benzene ring substituents is 1. The van der Waals surface area contributed by atoms with Gasteiger partial charge in [-0.2, -0.15) is 0 Å². The van der Waals surface area contributed by atoms with E-state index in [9.17, 15) is 19.3 Å². The normalized spacial score (nSPS) is 16.9. The Labute approximate surface area is 115 Å². The number of anilines is 1. The summed E-state index contributed by atoms with van der Waals surface area (Å²) in [4.78, 5) is 21.9. The van der Waals surface area contributed by atoms with Gasteiger partial charge in [0.15, 0.2) is 0 Å². The second kappa shape index (κ2) is 5.54. The van der Waals surface area contributed by atoms with E-state index in [2.05, 4.69) is 5.32 Å². The summed E-state index contributed by atoms with van der Waals surface area (Å²) < 4.78 is 13.5. The number of benzene rings is 1. The van der Waals surface area contributed by atoms with Crippen molar-refractivity contribution in [3.8, 4) is 0 Å². The van der Waals surface area contributed by atoms with E-state index in [0.717, 1.165) is 43.9 Å². The number of carbonyl (C=O) groups excluding carboxylic acids is 1. The first-order valence-electron chi connectivity index (χ1n) is 6.42. The summed E-state index contributed by atoms with van der Waals surface area (Å²) in [5.74, 6) is -1.13. The first-order valence-corrected chi connectivity index (χ1v) is 6.42. The molecule has 0 spiro atoms. The molecule has 1 aromatic rings. The summed E-state index contributed by atoms with van der Waals surface area (Å²) >= 11 is 0. The minimum Gasteiger partial charge on any atom is -0.325 e. The van der Waals surface area contributed by atoms with Crippen molar-refractivity contribution in [1.82, 2.24) is 0 Å². The fraction of sp³-hybridized carbons (Fsp3) is 0.462. The highest BCUT2D eigenvalue weighted by molar-refractivity contribution is 5.92. The van der Waals surface area contributed by atoms with E-state index in [1.165, 1.54) is 0 Å². The van der Waals surface area contributed by atoms with E-state index in [-0.39, 0.29) is 17.8 Å². The maximum Gasteiger partial charge on any atom is 0.271 e. The number of nitro groups is 1. The highest BCUT2D eigenvalue weighted by Gasteiger charge is 2.31. The molecule has 0 atom stereocenters. The lowest BCUT2D eigenvalue weighted by Crippen LogP contribution is -2.40. The van der Waals surface area contributed by atoms with Crippen LogP contribution in [0.2, 0.25) is 0 Å². The first-order chi connectivity index (χ1) is 9.39. The van der Waals surface area contributed by atoms with E-state index in [1.807, 2.05) is 0 Å². The molecule has 7 heteroatoms. The number of rotatable bonds is 4. The van der Waals surface area contributed by atoms with E-state index in [4.69, 9.17) is 5.73 Å². The number of amides is 1. The number of nitrogens with zero attached hydrogens (tertiary/aromatic N) is 1. The van der Waals surface area contributed by atoms with Crippen LogP contribution in [-0.4, -0.2) is 16.4 Å². The average Bonchev–Trinajstić information content (AvgIpc) is 2.78.